The van der Waals surface area contributed by atoms with Gasteiger partial charge in [0.1, 0.15) is 45.1 Å². The van der Waals surface area contributed by atoms with Crippen LogP contribution in [0, 0.1) is 0 Å². The summed E-state index contributed by atoms with van der Waals surface area (Å²) in [4.78, 5) is 3.32. The summed E-state index contributed by atoms with van der Waals surface area (Å²) in [5.74, 6) is 0.885. The molecule has 0 aliphatic carbocycles. The molecular weight excluding hydrogens is 320 g/mol. The van der Waals surface area contributed by atoms with Gasteiger partial charge in [0.25, 0.3) is 0 Å². The largest absolute Gasteiger partial charge is 0.491 e. The number of rotatable bonds is 7. The second kappa shape index (κ2) is 8.62. The van der Waals surface area contributed by atoms with Crippen LogP contribution < -0.4 is 14.5 Å². The van der Waals surface area contributed by atoms with Crippen LogP contribution in [-0.2, 0) is 4.74 Å². The number of quaternary nitrogens is 2. The Hall–Kier alpha value is -0.620. The average molecular weight is 345 g/mol. The molecular formula is C15H25BrN2O2+2. The number of hydrogen-bond donors (Lipinski definition) is 2. The molecule has 2 rings (SSSR count). The van der Waals surface area contributed by atoms with Crippen molar-refractivity contribution < 1.29 is 19.3 Å². The number of halogens is 1. The molecule has 1 aliphatic rings. The second-order valence-electron chi connectivity index (χ2n) is 5.38. The molecule has 1 aromatic carbocycles. The first-order chi connectivity index (χ1) is 9.74. The molecule has 112 valence electrons. The zero-order valence-electron chi connectivity index (χ0n) is 12.2. The summed E-state index contributed by atoms with van der Waals surface area (Å²) in [6, 6.07) is 7.89. The van der Waals surface area contributed by atoms with Crippen molar-refractivity contribution in [2.75, 3.05) is 59.6 Å². The number of piperazine rings is 1. The lowest BCUT2D eigenvalue weighted by molar-refractivity contribution is -1.00. The van der Waals surface area contributed by atoms with Crippen LogP contribution >= 0.6 is 15.9 Å². The molecule has 2 N–H and O–H groups in total. The van der Waals surface area contributed by atoms with Crippen LogP contribution in [0.2, 0.25) is 0 Å². The van der Waals surface area contributed by atoms with E-state index in [1.165, 1.54) is 26.2 Å². The maximum absolute atomic E-state index is 5.65. The molecule has 1 aliphatic heterocycles. The fourth-order valence-electron chi connectivity index (χ4n) is 2.37. The summed E-state index contributed by atoms with van der Waals surface area (Å²) in [6.07, 6.45) is 0. The lowest BCUT2D eigenvalue weighted by Gasteiger charge is -2.27. The molecule has 1 heterocycles. The smallest absolute Gasteiger partial charge is 0.127 e. The number of nitrogens with one attached hydrogen (secondary N) is 2. The van der Waals surface area contributed by atoms with Gasteiger partial charge in [-0.15, -0.1) is 0 Å². The van der Waals surface area contributed by atoms with E-state index in [1.807, 2.05) is 24.3 Å². The Morgan fingerprint density at radius 2 is 1.90 bits per heavy atom. The third-order valence-electron chi connectivity index (χ3n) is 3.70. The predicted octanol–water partition coefficient (Wildman–Crippen LogP) is -0.742. The number of likely N-dealkylation sites (N-methyl/N-ethyl adjacent to an activating group) is 1. The van der Waals surface area contributed by atoms with Gasteiger partial charge < -0.3 is 19.3 Å². The van der Waals surface area contributed by atoms with Gasteiger partial charge in [0, 0.05) is 4.47 Å². The molecule has 0 bridgehead atoms. The quantitative estimate of drug-likeness (QED) is 0.637. The highest BCUT2D eigenvalue weighted by Gasteiger charge is 2.18. The molecule has 20 heavy (non-hydrogen) atoms. The molecule has 0 unspecified atom stereocenters. The molecule has 1 saturated heterocycles. The molecule has 0 atom stereocenters. The van der Waals surface area contributed by atoms with E-state index in [-0.39, 0.29) is 0 Å². The summed E-state index contributed by atoms with van der Waals surface area (Å²) in [5.41, 5.74) is 0. The number of hydrogen-bond acceptors (Lipinski definition) is 2. The maximum atomic E-state index is 5.65. The zero-order chi connectivity index (χ0) is 14.2. The van der Waals surface area contributed by atoms with Crippen molar-refractivity contribution in [2.45, 2.75) is 0 Å². The van der Waals surface area contributed by atoms with E-state index in [1.54, 1.807) is 9.80 Å². The average Bonchev–Trinajstić information content (AvgIpc) is 2.45. The molecule has 0 saturated carbocycles. The van der Waals surface area contributed by atoms with Crippen LogP contribution in [0.4, 0.5) is 0 Å². The van der Waals surface area contributed by atoms with Gasteiger partial charge in [-0.05, 0) is 18.2 Å². The van der Waals surface area contributed by atoms with Crippen LogP contribution in [0.5, 0.6) is 5.75 Å². The molecule has 4 nitrogen and oxygen atoms in total. The standard InChI is InChI=1S/C15H23BrN2O2/c1-17-5-7-18(8-6-17)9-10-19-11-12-20-15-4-2-3-14(16)13-15/h2-4,13H,5-12H2,1H3/p+2. The van der Waals surface area contributed by atoms with E-state index in [2.05, 4.69) is 23.0 Å². The van der Waals surface area contributed by atoms with Crippen LogP contribution in [-0.4, -0.2) is 59.6 Å². The highest BCUT2D eigenvalue weighted by molar-refractivity contribution is 9.10. The first kappa shape index (κ1) is 15.8. The Morgan fingerprint density at radius 3 is 2.65 bits per heavy atom. The topological polar surface area (TPSA) is 27.3 Å². The van der Waals surface area contributed by atoms with Gasteiger partial charge in [-0.3, -0.25) is 0 Å². The summed E-state index contributed by atoms with van der Waals surface area (Å²) in [6.45, 7) is 8.31. The lowest BCUT2D eigenvalue weighted by Crippen LogP contribution is -3.27. The van der Waals surface area contributed by atoms with Crippen LogP contribution in [0.25, 0.3) is 0 Å². The predicted molar refractivity (Wildman–Crippen MR) is 82.6 cm³/mol. The van der Waals surface area contributed by atoms with Gasteiger partial charge in [0.15, 0.2) is 0 Å². The normalized spacial score (nSPS) is 22.7. The molecule has 0 radical (unpaired) electrons. The van der Waals surface area contributed by atoms with Crippen molar-refractivity contribution in [3.05, 3.63) is 28.7 Å². The van der Waals surface area contributed by atoms with E-state index < -0.39 is 0 Å². The van der Waals surface area contributed by atoms with E-state index in [4.69, 9.17) is 9.47 Å². The summed E-state index contributed by atoms with van der Waals surface area (Å²) in [7, 11) is 2.27. The van der Waals surface area contributed by atoms with Gasteiger partial charge in [-0.25, -0.2) is 0 Å². The Balaban J connectivity index is 1.49. The van der Waals surface area contributed by atoms with Crippen LogP contribution in [0.15, 0.2) is 28.7 Å². The fourth-order valence-corrected chi connectivity index (χ4v) is 2.75. The Morgan fingerprint density at radius 1 is 1.10 bits per heavy atom. The highest BCUT2D eigenvalue weighted by Crippen LogP contribution is 2.17. The zero-order valence-corrected chi connectivity index (χ0v) is 13.7. The lowest BCUT2D eigenvalue weighted by atomic mass is 10.3. The molecule has 1 fully saturated rings. The molecule has 0 spiro atoms. The van der Waals surface area contributed by atoms with E-state index in [0.29, 0.717) is 13.2 Å². The van der Waals surface area contributed by atoms with Gasteiger partial charge in [0.05, 0.1) is 20.3 Å². The van der Waals surface area contributed by atoms with Crippen LogP contribution in [0.3, 0.4) is 0 Å². The highest BCUT2D eigenvalue weighted by atomic mass is 79.9. The molecule has 5 heteroatoms. The Kier molecular flexibility index (Phi) is 6.79. The Bertz CT molecular complexity index is 395. The van der Waals surface area contributed by atoms with Gasteiger partial charge in [-0.2, -0.15) is 0 Å². The van der Waals surface area contributed by atoms with Crippen LogP contribution in [0.1, 0.15) is 0 Å². The summed E-state index contributed by atoms with van der Waals surface area (Å²) in [5, 5.41) is 0. The second-order valence-corrected chi connectivity index (χ2v) is 6.29. The van der Waals surface area contributed by atoms with Gasteiger partial charge >= 0.3 is 0 Å². The van der Waals surface area contributed by atoms with Gasteiger partial charge in [0.2, 0.25) is 0 Å². The minimum atomic E-state index is 0.610. The minimum absolute atomic E-state index is 0.610. The molecule has 1 aromatic rings. The Labute approximate surface area is 129 Å². The summed E-state index contributed by atoms with van der Waals surface area (Å²) >= 11 is 3.43. The van der Waals surface area contributed by atoms with Crippen molar-refractivity contribution in [3.63, 3.8) is 0 Å². The molecule has 0 amide bonds. The third-order valence-corrected chi connectivity index (χ3v) is 4.20. The monoisotopic (exact) mass is 344 g/mol. The third kappa shape index (κ3) is 5.79. The van der Waals surface area contributed by atoms with Crippen molar-refractivity contribution in [2.24, 2.45) is 0 Å². The number of benzene rings is 1. The number of ether oxygens (including phenoxy) is 2. The van der Waals surface area contributed by atoms with Gasteiger partial charge in [-0.1, -0.05) is 22.0 Å². The van der Waals surface area contributed by atoms with Crippen molar-refractivity contribution >= 4 is 15.9 Å². The minimum Gasteiger partial charge on any atom is -0.491 e. The van der Waals surface area contributed by atoms with Crippen molar-refractivity contribution in [3.8, 4) is 5.75 Å². The SMILES string of the molecule is C[NH+]1CC[NH+](CCOCCOc2cccc(Br)c2)CC1. The fraction of sp³-hybridized carbons (Fsp3) is 0.600. The maximum Gasteiger partial charge on any atom is 0.127 e. The molecule has 0 aromatic heterocycles. The first-order valence-electron chi connectivity index (χ1n) is 7.35. The van der Waals surface area contributed by atoms with E-state index in [0.717, 1.165) is 23.4 Å². The van der Waals surface area contributed by atoms with Crippen molar-refractivity contribution in [1.82, 2.24) is 0 Å². The van der Waals surface area contributed by atoms with E-state index in [9.17, 15) is 0 Å². The van der Waals surface area contributed by atoms with Crippen molar-refractivity contribution in [1.29, 1.82) is 0 Å². The summed E-state index contributed by atoms with van der Waals surface area (Å²) < 4.78 is 12.3. The van der Waals surface area contributed by atoms with E-state index >= 15 is 0 Å². The first-order valence-corrected chi connectivity index (χ1v) is 8.14.